The summed E-state index contributed by atoms with van der Waals surface area (Å²) >= 11 is 0. The molecule has 1 heterocycles. The Morgan fingerprint density at radius 3 is 1.76 bits per heavy atom. The summed E-state index contributed by atoms with van der Waals surface area (Å²) in [6, 6.07) is 0. The largest absolute Gasteiger partial charge is 0.462 e. The quantitative estimate of drug-likeness (QED) is 0.0425. The van der Waals surface area contributed by atoms with Crippen molar-refractivity contribution in [2.45, 2.75) is 185 Å². The molecule has 0 aromatic heterocycles. The molecule has 0 saturated carbocycles. The lowest BCUT2D eigenvalue weighted by atomic mass is 9.99. The van der Waals surface area contributed by atoms with Crippen LogP contribution in [0.2, 0.25) is 0 Å². The van der Waals surface area contributed by atoms with Gasteiger partial charge in [-0.15, -0.1) is 0 Å². The number of hydrogen-bond acceptors (Lipinski definition) is 10. The SMILES string of the molecule is CCCC/C=C\CCCCCCCC(=O)OC(COC(=O)CCCCCCCCCCCC)COC1OC(CO)C(O)C(O)C1O. The van der Waals surface area contributed by atoms with Crippen molar-refractivity contribution in [2.24, 2.45) is 0 Å². The molecule has 46 heavy (non-hydrogen) atoms. The average molecular weight is 659 g/mol. The molecule has 10 heteroatoms. The maximum absolute atomic E-state index is 12.6. The van der Waals surface area contributed by atoms with E-state index in [4.69, 9.17) is 18.9 Å². The third kappa shape index (κ3) is 20.6. The highest BCUT2D eigenvalue weighted by Gasteiger charge is 2.44. The first kappa shape index (κ1) is 42.5. The van der Waals surface area contributed by atoms with Crippen molar-refractivity contribution in [3.63, 3.8) is 0 Å². The van der Waals surface area contributed by atoms with Gasteiger partial charge in [0.05, 0.1) is 13.2 Å². The Morgan fingerprint density at radius 2 is 1.17 bits per heavy atom. The summed E-state index contributed by atoms with van der Waals surface area (Å²) in [7, 11) is 0. The van der Waals surface area contributed by atoms with E-state index in [0.717, 1.165) is 57.8 Å². The number of allylic oxidation sites excluding steroid dienone is 2. The van der Waals surface area contributed by atoms with Gasteiger partial charge < -0.3 is 39.4 Å². The molecule has 0 aliphatic carbocycles. The lowest BCUT2D eigenvalue weighted by molar-refractivity contribution is -0.305. The highest BCUT2D eigenvalue weighted by atomic mass is 16.7. The van der Waals surface area contributed by atoms with E-state index in [-0.39, 0.29) is 32.0 Å². The van der Waals surface area contributed by atoms with Crippen molar-refractivity contribution in [1.29, 1.82) is 0 Å². The standard InChI is InChI=1S/C36H66O10/c1-3-5-7-9-11-13-15-17-19-21-23-25-32(39)45-29(28-44-36-35(42)34(41)33(40)30(26-37)46-36)27-43-31(38)24-22-20-18-16-14-12-10-8-6-4-2/h9,11,29-30,33-37,40-42H,3-8,10,12-28H2,1-2H3/b11-9-. The predicted molar refractivity (Wildman–Crippen MR) is 178 cm³/mol. The fraction of sp³-hybridized carbons (Fsp3) is 0.889. The number of aliphatic hydroxyl groups excluding tert-OH is 4. The molecule has 10 nitrogen and oxygen atoms in total. The normalized spacial score (nSPS) is 22.3. The van der Waals surface area contributed by atoms with Crippen LogP contribution < -0.4 is 0 Å². The monoisotopic (exact) mass is 658 g/mol. The zero-order chi connectivity index (χ0) is 33.8. The van der Waals surface area contributed by atoms with Crippen LogP contribution in [0.25, 0.3) is 0 Å². The minimum absolute atomic E-state index is 0.217. The number of carbonyl (C=O) groups is 2. The molecule has 0 amide bonds. The Bertz CT molecular complexity index is 774. The zero-order valence-corrected chi connectivity index (χ0v) is 28.8. The van der Waals surface area contributed by atoms with Gasteiger partial charge in [-0.1, -0.05) is 116 Å². The van der Waals surface area contributed by atoms with E-state index in [0.29, 0.717) is 6.42 Å². The predicted octanol–water partition coefficient (Wildman–Crippen LogP) is 6.05. The summed E-state index contributed by atoms with van der Waals surface area (Å²) in [5.41, 5.74) is 0. The molecule has 270 valence electrons. The van der Waals surface area contributed by atoms with E-state index < -0.39 is 49.4 Å². The molecular formula is C36H66O10. The van der Waals surface area contributed by atoms with Crippen molar-refractivity contribution in [3.8, 4) is 0 Å². The van der Waals surface area contributed by atoms with Crippen molar-refractivity contribution < 1.29 is 49.0 Å². The zero-order valence-electron chi connectivity index (χ0n) is 28.8. The van der Waals surface area contributed by atoms with Crippen molar-refractivity contribution in [2.75, 3.05) is 19.8 Å². The fourth-order valence-electron chi connectivity index (χ4n) is 5.40. The minimum atomic E-state index is -1.59. The first-order valence-corrected chi connectivity index (χ1v) is 18.3. The number of ether oxygens (including phenoxy) is 4. The third-order valence-electron chi connectivity index (χ3n) is 8.40. The number of esters is 2. The van der Waals surface area contributed by atoms with E-state index in [1.54, 1.807) is 0 Å². The van der Waals surface area contributed by atoms with Crippen molar-refractivity contribution in [1.82, 2.24) is 0 Å². The molecule has 0 spiro atoms. The van der Waals surface area contributed by atoms with Gasteiger partial charge in [0.2, 0.25) is 0 Å². The van der Waals surface area contributed by atoms with Gasteiger partial charge in [-0.2, -0.15) is 0 Å². The molecule has 1 rings (SSSR count). The molecule has 1 aliphatic rings. The van der Waals surface area contributed by atoms with Gasteiger partial charge in [0.15, 0.2) is 12.4 Å². The highest BCUT2D eigenvalue weighted by molar-refractivity contribution is 5.70. The van der Waals surface area contributed by atoms with Crippen LogP contribution >= 0.6 is 0 Å². The summed E-state index contributed by atoms with van der Waals surface area (Å²) in [6.45, 7) is 3.33. The van der Waals surface area contributed by atoms with Gasteiger partial charge >= 0.3 is 11.9 Å². The highest BCUT2D eigenvalue weighted by Crippen LogP contribution is 2.22. The number of hydrogen-bond donors (Lipinski definition) is 4. The molecule has 1 fully saturated rings. The molecule has 1 aliphatic heterocycles. The summed E-state index contributed by atoms with van der Waals surface area (Å²) in [5, 5.41) is 39.8. The second kappa shape index (κ2) is 28.5. The topological polar surface area (TPSA) is 152 Å². The van der Waals surface area contributed by atoms with Crippen LogP contribution in [-0.4, -0.2) is 89.0 Å². The van der Waals surface area contributed by atoms with Gasteiger partial charge in [-0.25, -0.2) is 0 Å². The smallest absolute Gasteiger partial charge is 0.306 e. The molecule has 0 aromatic rings. The third-order valence-corrected chi connectivity index (χ3v) is 8.40. The van der Waals surface area contributed by atoms with Crippen LogP contribution in [0.4, 0.5) is 0 Å². The molecule has 0 bridgehead atoms. The van der Waals surface area contributed by atoms with Crippen LogP contribution in [0.3, 0.4) is 0 Å². The number of unbranched alkanes of at least 4 members (excludes halogenated alkanes) is 16. The van der Waals surface area contributed by atoms with E-state index >= 15 is 0 Å². The first-order valence-electron chi connectivity index (χ1n) is 18.3. The fourth-order valence-corrected chi connectivity index (χ4v) is 5.40. The van der Waals surface area contributed by atoms with Crippen LogP contribution in [-0.2, 0) is 28.5 Å². The van der Waals surface area contributed by atoms with Gasteiger partial charge in [-0.05, 0) is 32.1 Å². The average Bonchev–Trinajstić information content (AvgIpc) is 3.05. The summed E-state index contributed by atoms with van der Waals surface area (Å²) < 4.78 is 22.0. The lowest BCUT2D eigenvalue weighted by Crippen LogP contribution is -2.59. The Hall–Kier alpha value is -1.56. The molecule has 6 atom stereocenters. The summed E-state index contributed by atoms with van der Waals surface area (Å²) in [5.74, 6) is -0.819. The second-order valence-electron chi connectivity index (χ2n) is 12.7. The van der Waals surface area contributed by atoms with Crippen LogP contribution in [0.5, 0.6) is 0 Å². The van der Waals surface area contributed by atoms with Crippen LogP contribution in [0.15, 0.2) is 12.2 Å². The first-order chi connectivity index (χ1) is 22.3. The van der Waals surface area contributed by atoms with E-state index in [1.165, 1.54) is 57.8 Å². The maximum atomic E-state index is 12.6. The van der Waals surface area contributed by atoms with Crippen molar-refractivity contribution >= 4 is 11.9 Å². The molecule has 1 saturated heterocycles. The van der Waals surface area contributed by atoms with Crippen molar-refractivity contribution in [3.05, 3.63) is 12.2 Å². The molecule has 0 radical (unpaired) electrons. The Morgan fingerprint density at radius 1 is 0.652 bits per heavy atom. The van der Waals surface area contributed by atoms with E-state index in [1.807, 2.05) is 0 Å². The maximum Gasteiger partial charge on any atom is 0.306 e. The van der Waals surface area contributed by atoms with Gasteiger partial charge in [0.1, 0.15) is 31.0 Å². The van der Waals surface area contributed by atoms with E-state index in [9.17, 15) is 30.0 Å². The number of carbonyl (C=O) groups excluding carboxylic acids is 2. The minimum Gasteiger partial charge on any atom is -0.462 e. The molecule has 0 aromatic carbocycles. The van der Waals surface area contributed by atoms with Gasteiger partial charge in [0, 0.05) is 12.8 Å². The molecule has 4 N–H and O–H groups in total. The summed E-state index contributed by atoms with van der Waals surface area (Å²) in [4.78, 5) is 25.0. The lowest BCUT2D eigenvalue weighted by Gasteiger charge is -2.39. The van der Waals surface area contributed by atoms with Gasteiger partial charge in [-0.3, -0.25) is 9.59 Å². The second-order valence-corrected chi connectivity index (χ2v) is 12.7. The number of aliphatic hydroxyl groups is 4. The molecular weight excluding hydrogens is 592 g/mol. The molecule has 6 unspecified atom stereocenters. The summed E-state index contributed by atoms with van der Waals surface area (Å²) in [6.07, 6.45) is 18.0. The van der Waals surface area contributed by atoms with E-state index in [2.05, 4.69) is 26.0 Å². The van der Waals surface area contributed by atoms with Crippen LogP contribution in [0.1, 0.15) is 149 Å². The Kier molecular flexibility index (Phi) is 26.3. The number of rotatable bonds is 29. The van der Waals surface area contributed by atoms with Gasteiger partial charge in [0.25, 0.3) is 0 Å². The van der Waals surface area contributed by atoms with Crippen LogP contribution in [0, 0.1) is 0 Å². The Labute approximate surface area is 278 Å². The Balaban J connectivity index is 2.44.